The summed E-state index contributed by atoms with van der Waals surface area (Å²) in [7, 11) is 0. The number of nitrogen functional groups attached to an aromatic ring is 1. The second kappa shape index (κ2) is 4.31. The zero-order valence-electron chi connectivity index (χ0n) is 11.6. The van der Waals surface area contributed by atoms with E-state index in [0.29, 0.717) is 5.78 Å². The lowest BCUT2D eigenvalue weighted by Gasteiger charge is -2.02. The molecule has 0 aliphatic rings. The van der Waals surface area contributed by atoms with Crippen molar-refractivity contribution in [3.8, 4) is 11.3 Å². The number of nitrogens with zero attached hydrogens (tertiary/aromatic N) is 3. The first-order valence-corrected chi connectivity index (χ1v) is 6.82. The van der Waals surface area contributed by atoms with Crippen molar-refractivity contribution in [1.82, 2.24) is 14.4 Å². The maximum absolute atomic E-state index is 5.72. The number of fused-ring (bicyclic) bond motifs is 3. The van der Waals surface area contributed by atoms with Gasteiger partial charge in [0.2, 0.25) is 5.78 Å². The molecule has 4 rings (SSSR count). The Morgan fingerprint density at radius 2 is 1.76 bits per heavy atom. The van der Waals surface area contributed by atoms with Gasteiger partial charge in [0.05, 0.1) is 16.7 Å². The Balaban J connectivity index is 1.94. The molecular weight excluding hydrogens is 260 g/mol. The summed E-state index contributed by atoms with van der Waals surface area (Å²) in [6, 6.07) is 15.9. The molecule has 0 radical (unpaired) electrons. The number of aryl methyl sites for hydroxylation is 1. The third-order valence-electron chi connectivity index (χ3n) is 3.63. The molecule has 0 bridgehead atoms. The molecule has 0 atom stereocenters. The average Bonchev–Trinajstić information content (AvgIpc) is 2.85. The SMILES string of the molecule is Cc1ccc2nc3nc(-c4ccc(N)cc4)ccn3c2c1. The molecule has 2 heterocycles. The van der Waals surface area contributed by atoms with Crippen LogP contribution in [0.15, 0.2) is 54.7 Å². The van der Waals surface area contributed by atoms with Crippen LogP contribution in [0.3, 0.4) is 0 Å². The first-order chi connectivity index (χ1) is 10.2. The largest absolute Gasteiger partial charge is 0.399 e. The highest BCUT2D eigenvalue weighted by molar-refractivity contribution is 5.80. The van der Waals surface area contributed by atoms with E-state index in [0.717, 1.165) is 28.0 Å². The van der Waals surface area contributed by atoms with Crippen molar-refractivity contribution in [2.24, 2.45) is 0 Å². The van der Waals surface area contributed by atoms with Crippen molar-refractivity contribution in [2.75, 3.05) is 5.73 Å². The quantitative estimate of drug-likeness (QED) is 0.541. The van der Waals surface area contributed by atoms with Crippen LogP contribution in [-0.2, 0) is 0 Å². The number of hydrogen-bond donors (Lipinski definition) is 1. The van der Waals surface area contributed by atoms with E-state index in [1.165, 1.54) is 5.56 Å². The highest BCUT2D eigenvalue weighted by atomic mass is 15.1. The molecule has 2 N–H and O–H groups in total. The Morgan fingerprint density at radius 1 is 0.952 bits per heavy atom. The summed E-state index contributed by atoms with van der Waals surface area (Å²) in [4.78, 5) is 9.24. The van der Waals surface area contributed by atoms with Crippen molar-refractivity contribution in [2.45, 2.75) is 6.92 Å². The molecule has 0 unspecified atom stereocenters. The third-order valence-corrected chi connectivity index (χ3v) is 3.63. The second-order valence-corrected chi connectivity index (χ2v) is 5.21. The van der Waals surface area contributed by atoms with Crippen molar-refractivity contribution in [3.63, 3.8) is 0 Å². The molecule has 0 amide bonds. The molecule has 0 aliphatic carbocycles. The van der Waals surface area contributed by atoms with Gasteiger partial charge in [0.25, 0.3) is 0 Å². The van der Waals surface area contributed by atoms with E-state index in [4.69, 9.17) is 5.73 Å². The highest BCUT2D eigenvalue weighted by Gasteiger charge is 2.07. The minimum absolute atomic E-state index is 0.713. The minimum Gasteiger partial charge on any atom is -0.399 e. The number of rotatable bonds is 1. The standard InChI is InChI=1S/C17H14N4/c1-11-2-7-15-16(10-11)21-9-8-14(19-17(21)20-15)12-3-5-13(18)6-4-12/h2-10H,18H2,1H3. The fourth-order valence-corrected chi connectivity index (χ4v) is 2.52. The first kappa shape index (κ1) is 11.9. The van der Waals surface area contributed by atoms with Gasteiger partial charge in [-0.05, 0) is 42.8 Å². The van der Waals surface area contributed by atoms with Crippen LogP contribution in [-0.4, -0.2) is 14.4 Å². The van der Waals surface area contributed by atoms with Crippen molar-refractivity contribution in [3.05, 3.63) is 60.3 Å². The van der Waals surface area contributed by atoms with Gasteiger partial charge in [-0.15, -0.1) is 0 Å². The molecule has 2 aromatic carbocycles. The van der Waals surface area contributed by atoms with Gasteiger partial charge in [-0.2, -0.15) is 0 Å². The predicted molar refractivity (Wildman–Crippen MR) is 85.1 cm³/mol. The predicted octanol–water partition coefficient (Wildman–Crippen LogP) is 3.44. The fourth-order valence-electron chi connectivity index (χ4n) is 2.52. The van der Waals surface area contributed by atoms with Crippen LogP contribution in [0.2, 0.25) is 0 Å². The van der Waals surface area contributed by atoms with Gasteiger partial charge in [0.15, 0.2) is 0 Å². The van der Waals surface area contributed by atoms with Crippen LogP contribution in [0.5, 0.6) is 0 Å². The van der Waals surface area contributed by atoms with Crippen molar-refractivity contribution >= 4 is 22.5 Å². The molecule has 0 saturated carbocycles. The molecular formula is C17H14N4. The maximum Gasteiger partial charge on any atom is 0.235 e. The second-order valence-electron chi connectivity index (χ2n) is 5.21. The van der Waals surface area contributed by atoms with Gasteiger partial charge < -0.3 is 5.73 Å². The Kier molecular flexibility index (Phi) is 2.44. The van der Waals surface area contributed by atoms with Crippen molar-refractivity contribution in [1.29, 1.82) is 0 Å². The number of benzene rings is 2. The average molecular weight is 274 g/mol. The van der Waals surface area contributed by atoms with Crippen LogP contribution in [0.1, 0.15) is 5.56 Å². The summed E-state index contributed by atoms with van der Waals surface area (Å²) in [5.74, 6) is 0.713. The number of anilines is 1. The normalized spacial score (nSPS) is 11.3. The van der Waals surface area contributed by atoms with Crippen LogP contribution in [0, 0.1) is 6.92 Å². The molecule has 21 heavy (non-hydrogen) atoms. The number of nitrogens with two attached hydrogens (primary N) is 1. The smallest absolute Gasteiger partial charge is 0.235 e. The Morgan fingerprint density at radius 3 is 2.57 bits per heavy atom. The van der Waals surface area contributed by atoms with Gasteiger partial charge in [-0.25, -0.2) is 9.97 Å². The molecule has 0 fully saturated rings. The van der Waals surface area contributed by atoms with E-state index in [9.17, 15) is 0 Å². The van der Waals surface area contributed by atoms with Gasteiger partial charge in [0, 0.05) is 17.4 Å². The third kappa shape index (κ3) is 1.92. The van der Waals surface area contributed by atoms with E-state index in [1.54, 1.807) is 0 Å². The summed E-state index contributed by atoms with van der Waals surface area (Å²) in [5, 5.41) is 0. The molecule has 4 aromatic rings. The summed E-state index contributed by atoms with van der Waals surface area (Å²) < 4.78 is 2.02. The van der Waals surface area contributed by atoms with Gasteiger partial charge in [-0.3, -0.25) is 4.40 Å². The molecule has 2 aromatic heterocycles. The Hall–Kier alpha value is -2.88. The fraction of sp³-hybridized carbons (Fsp3) is 0.0588. The lowest BCUT2D eigenvalue weighted by Crippen LogP contribution is -1.91. The minimum atomic E-state index is 0.713. The first-order valence-electron chi connectivity index (χ1n) is 6.82. The Labute approximate surface area is 121 Å². The molecule has 0 spiro atoms. The molecule has 4 nitrogen and oxygen atoms in total. The van der Waals surface area contributed by atoms with E-state index in [-0.39, 0.29) is 0 Å². The number of hydrogen-bond acceptors (Lipinski definition) is 3. The summed E-state index contributed by atoms with van der Waals surface area (Å²) >= 11 is 0. The van der Waals surface area contributed by atoms with E-state index in [2.05, 4.69) is 29.0 Å². The lowest BCUT2D eigenvalue weighted by atomic mass is 10.1. The number of aromatic nitrogens is 3. The van der Waals surface area contributed by atoms with Crippen LogP contribution in [0.4, 0.5) is 5.69 Å². The maximum atomic E-state index is 5.72. The lowest BCUT2D eigenvalue weighted by molar-refractivity contribution is 1.14. The van der Waals surface area contributed by atoms with Gasteiger partial charge >= 0.3 is 0 Å². The van der Waals surface area contributed by atoms with Crippen LogP contribution in [0.25, 0.3) is 28.1 Å². The topological polar surface area (TPSA) is 56.2 Å². The zero-order chi connectivity index (χ0) is 14.4. The Bertz CT molecular complexity index is 952. The van der Waals surface area contributed by atoms with E-state index >= 15 is 0 Å². The van der Waals surface area contributed by atoms with Crippen LogP contribution < -0.4 is 5.73 Å². The molecule has 0 saturated heterocycles. The summed E-state index contributed by atoms with van der Waals surface area (Å²) in [6.07, 6.45) is 2.02. The highest BCUT2D eigenvalue weighted by Crippen LogP contribution is 2.22. The summed E-state index contributed by atoms with van der Waals surface area (Å²) in [6.45, 7) is 2.08. The number of imidazole rings is 1. The monoisotopic (exact) mass is 274 g/mol. The van der Waals surface area contributed by atoms with Crippen molar-refractivity contribution < 1.29 is 0 Å². The van der Waals surface area contributed by atoms with Crippen LogP contribution >= 0.6 is 0 Å². The molecule has 0 aliphatic heterocycles. The van der Waals surface area contributed by atoms with E-state index in [1.807, 2.05) is 47.0 Å². The zero-order valence-corrected chi connectivity index (χ0v) is 11.6. The van der Waals surface area contributed by atoms with Gasteiger partial charge in [-0.1, -0.05) is 18.2 Å². The molecule has 102 valence electrons. The van der Waals surface area contributed by atoms with Gasteiger partial charge in [0.1, 0.15) is 0 Å². The van der Waals surface area contributed by atoms with E-state index < -0.39 is 0 Å². The molecule has 4 heteroatoms. The summed E-state index contributed by atoms with van der Waals surface area (Å²) in [5.41, 5.74) is 11.7.